The summed E-state index contributed by atoms with van der Waals surface area (Å²) in [6, 6.07) is 5.46. The second-order valence-electron chi connectivity index (χ2n) is 6.75. The van der Waals surface area contributed by atoms with Crippen molar-refractivity contribution in [1.82, 2.24) is 19.4 Å². The van der Waals surface area contributed by atoms with Crippen LogP contribution in [-0.2, 0) is 6.54 Å². The molecular weight excluding hydrogens is 306 g/mol. The van der Waals surface area contributed by atoms with E-state index in [9.17, 15) is 10.2 Å². The highest BCUT2D eigenvalue weighted by Gasteiger charge is 2.34. The number of fused-ring (bicyclic) bond motifs is 1. The third-order valence-electron chi connectivity index (χ3n) is 5.22. The van der Waals surface area contributed by atoms with E-state index in [1.165, 1.54) is 0 Å². The van der Waals surface area contributed by atoms with Crippen molar-refractivity contribution in [3.8, 4) is 11.8 Å². The molecule has 2 N–H and O–H groups in total. The van der Waals surface area contributed by atoms with E-state index in [0.717, 1.165) is 45.0 Å². The van der Waals surface area contributed by atoms with Gasteiger partial charge in [0, 0.05) is 63.3 Å². The van der Waals surface area contributed by atoms with Crippen molar-refractivity contribution in [3.05, 3.63) is 30.6 Å². The second-order valence-corrected chi connectivity index (χ2v) is 6.75. The molecule has 2 saturated heterocycles. The standard InChI is InChI=1S/C17H23N5O2/c23-15-4-5-16(24)22(15)11-13-2-3-14-12-21(9-8-20(14)10-13)17-18-6-1-7-19-17/h1,4-7,13-14,23-24H,2-3,8-12H2. The predicted octanol–water partition coefficient (Wildman–Crippen LogP) is 1.29. The fourth-order valence-electron chi connectivity index (χ4n) is 3.93. The highest BCUT2D eigenvalue weighted by Crippen LogP contribution is 2.30. The Bertz CT molecular complexity index is 670. The van der Waals surface area contributed by atoms with Crippen molar-refractivity contribution in [2.75, 3.05) is 31.1 Å². The van der Waals surface area contributed by atoms with Crippen LogP contribution >= 0.6 is 0 Å². The van der Waals surface area contributed by atoms with Gasteiger partial charge in [0.15, 0.2) is 11.8 Å². The molecule has 0 amide bonds. The monoisotopic (exact) mass is 329 g/mol. The Morgan fingerprint density at radius 3 is 2.50 bits per heavy atom. The number of anilines is 1. The van der Waals surface area contributed by atoms with Gasteiger partial charge in [-0.25, -0.2) is 9.97 Å². The molecule has 2 atom stereocenters. The maximum absolute atomic E-state index is 9.82. The lowest BCUT2D eigenvalue weighted by atomic mass is 9.91. The van der Waals surface area contributed by atoms with Crippen LogP contribution in [0.3, 0.4) is 0 Å². The average molecular weight is 329 g/mol. The molecule has 2 aromatic rings. The summed E-state index contributed by atoms with van der Waals surface area (Å²) in [6.45, 7) is 4.58. The zero-order chi connectivity index (χ0) is 16.5. The zero-order valence-corrected chi connectivity index (χ0v) is 13.6. The van der Waals surface area contributed by atoms with Gasteiger partial charge in [0.1, 0.15) is 0 Å². The number of rotatable bonds is 3. The van der Waals surface area contributed by atoms with E-state index in [0.29, 0.717) is 18.5 Å². The van der Waals surface area contributed by atoms with Crippen LogP contribution in [0.2, 0.25) is 0 Å². The van der Waals surface area contributed by atoms with Crippen LogP contribution in [0.5, 0.6) is 11.8 Å². The lowest BCUT2D eigenvalue weighted by Crippen LogP contribution is -2.57. The first-order chi connectivity index (χ1) is 11.7. The van der Waals surface area contributed by atoms with Crippen LogP contribution in [0.25, 0.3) is 0 Å². The molecule has 0 radical (unpaired) electrons. The van der Waals surface area contributed by atoms with Crippen LogP contribution in [0.15, 0.2) is 30.6 Å². The third kappa shape index (κ3) is 2.91. The van der Waals surface area contributed by atoms with Gasteiger partial charge in [-0.3, -0.25) is 9.47 Å². The largest absolute Gasteiger partial charge is 0.494 e. The molecule has 2 unspecified atom stereocenters. The highest BCUT2D eigenvalue weighted by atomic mass is 16.3. The van der Waals surface area contributed by atoms with Gasteiger partial charge in [0.2, 0.25) is 5.95 Å². The number of aromatic hydroxyl groups is 2. The molecule has 0 saturated carbocycles. The SMILES string of the molecule is Oc1ccc(O)n1CC1CCC2CN(c3ncccn3)CCN2C1. The minimum Gasteiger partial charge on any atom is -0.494 e. The summed E-state index contributed by atoms with van der Waals surface area (Å²) in [5.74, 6) is 1.55. The second kappa shape index (κ2) is 6.32. The van der Waals surface area contributed by atoms with Crippen LogP contribution in [0.1, 0.15) is 12.8 Å². The molecule has 0 aliphatic carbocycles. The van der Waals surface area contributed by atoms with Crippen LogP contribution in [-0.4, -0.2) is 61.9 Å². The van der Waals surface area contributed by atoms with Crippen molar-refractivity contribution >= 4 is 5.95 Å². The van der Waals surface area contributed by atoms with E-state index >= 15 is 0 Å². The van der Waals surface area contributed by atoms with Crippen LogP contribution in [0, 0.1) is 5.92 Å². The number of aromatic nitrogens is 3. The van der Waals surface area contributed by atoms with E-state index < -0.39 is 0 Å². The molecule has 7 heteroatoms. The number of piperidine rings is 1. The minimum absolute atomic E-state index is 0.140. The van der Waals surface area contributed by atoms with E-state index in [1.54, 1.807) is 29.1 Å². The van der Waals surface area contributed by atoms with Gasteiger partial charge < -0.3 is 15.1 Å². The Morgan fingerprint density at radius 2 is 1.75 bits per heavy atom. The fourth-order valence-corrected chi connectivity index (χ4v) is 3.93. The number of hydrogen-bond acceptors (Lipinski definition) is 6. The molecule has 4 heterocycles. The lowest BCUT2D eigenvalue weighted by Gasteiger charge is -2.46. The van der Waals surface area contributed by atoms with Gasteiger partial charge in [-0.05, 0) is 24.8 Å². The van der Waals surface area contributed by atoms with Gasteiger partial charge in [-0.2, -0.15) is 0 Å². The molecular formula is C17H23N5O2. The number of hydrogen-bond donors (Lipinski definition) is 2. The summed E-state index contributed by atoms with van der Waals surface area (Å²) in [6.07, 6.45) is 5.81. The molecule has 2 fully saturated rings. The molecule has 7 nitrogen and oxygen atoms in total. The lowest BCUT2D eigenvalue weighted by molar-refractivity contribution is 0.0864. The van der Waals surface area contributed by atoms with E-state index in [1.807, 2.05) is 6.07 Å². The molecule has 128 valence electrons. The van der Waals surface area contributed by atoms with E-state index in [2.05, 4.69) is 19.8 Å². The van der Waals surface area contributed by atoms with Gasteiger partial charge >= 0.3 is 0 Å². The summed E-state index contributed by atoms with van der Waals surface area (Å²) in [4.78, 5) is 13.5. The smallest absolute Gasteiger partial charge is 0.225 e. The minimum atomic E-state index is 0.140. The number of piperazine rings is 1. The first-order valence-corrected chi connectivity index (χ1v) is 8.54. The third-order valence-corrected chi connectivity index (χ3v) is 5.22. The molecule has 2 aliphatic heterocycles. The Balaban J connectivity index is 1.38. The molecule has 24 heavy (non-hydrogen) atoms. The summed E-state index contributed by atoms with van der Waals surface area (Å²) in [7, 11) is 0. The van der Waals surface area contributed by atoms with E-state index in [-0.39, 0.29) is 11.8 Å². The predicted molar refractivity (Wildman–Crippen MR) is 90.1 cm³/mol. The number of nitrogens with zero attached hydrogens (tertiary/aromatic N) is 5. The van der Waals surface area contributed by atoms with Crippen molar-refractivity contribution in [2.45, 2.75) is 25.4 Å². The molecule has 0 spiro atoms. The van der Waals surface area contributed by atoms with Crippen molar-refractivity contribution in [3.63, 3.8) is 0 Å². The van der Waals surface area contributed by atoms with Crippen molar-refractivity contribution in [2.24, 2.45) is 5.92 Å². The Kier molecular flexibility index (Phi) is 4.02. The molecule has 4 rings (SSSR count). The summed E-state index contributed by atoms with van der Waals surface area (Å²) >= 11 is 0. The normalized spacial score (nSPS) is 24.8. The molecule has 2 aromatic heterocycles. The first kappa shape index (κ1) is 15.3. The van der Waals surface area contributed by atoms with Gasteiger partial charge in [0.25, 0.3) is 0 Å². The summed E-state index contributed by atoms with van der Waals surface area (Å²) in [5, 5.41) is 19.6. The van der Waals surface area contributed by atoms with Gasteiger partial charge in [0.05, 0.1) is 0 Å². The maximum atomic E-state index is 9.82. The quantitative estimate of drug-likeness (QED) is 0.884. The molecule has 0 bridgehead atoms. The first-order valence-electron chi connectivity index (χ1n) is 8.54. The fraction of sp³-hybridized carbons (Fsp3) is 0.529. The average Bonchev–Trinajstić information content (AvgIpc) is 2.94. The van der Waals surface area contributed by atoms with E-state index in [4.69, 9.17) is 0 Å². The molecule has 2 aliphatic rings. The zero-order valence-electron chi connectivity index (χ0n) is 13.6. The Labute approximate surface area is 141 Å². The Hall–Kier alpha value is -2.28. The maximum Gasteiger partial charge on any atom is 0.225 e. The summed E-state index contributed by atoms with van der Waals surface area (Å²) in [5.41, 5.74) is 0. The summed E-state index contributed by atoms with van der Waals surface area (Å²) < 4.78 is 1.60. The Morgan fingerprint density at radius 1 is 1.00 bits per heavy atom. The topological polar surface area (TPSA) is 77.6 Å². The van der Waals surface area contributed by atoms with Crippen molar-refractivity contribution < 1.29 is 10.2 Å². The molecule has 0 aromatic carbocycles. The van der Waals surface area contributed by atoms with Gasteiger partial charge in [-0.1, -0.05) is 0 Å². The van der Waals surface area contributed by atoms with Crippen LogP contribution in [0.4, 0.5) is 5.95 Å². The van der Waals surface area contributed by atoms with Crippen molar-refractivity contribution in [1.29, 1.82) is 0 Å². The van der Waals surface area contributed by atoms with Gasteiger partial charge in [-0.15, -0.1) is 0 Å². The van der Waals surface area contributed by atoms with Crippen LogP contribution < -0.4 is 4.90 Å². The highest BCUT2D eigenvalue weighted by molar-refractivity contribution is 5.30.